The number of alkyl halides is 2. The number of rotatable bonds is 6. The highest BCUT2D eigenvalue weighted by molar-refractivity contribution is 7.92. The summed E-state index contributed by atoms with van der Waals surface area (Å²) in [6.45, 7) is 1.72. The Balaban J connectivity index is 1.98. The minimum atomic E-state index is -3.13. The van der Waals surface area contributed by atoms with Crippen molar-refractivity contribution in [3.8, 4) is 11.5 Å². The molecule has 0 spiro atoms. The molecule has 0 aromatic heterocycles. The van der Waals surface area contributed by atoms with Crippen LogP contribution in [0.2, 0.25) is 0 Å². The van der Waals surface area contributed by atoms with Crippen molar-refractivity contribution in [2.24, 2.45) is 4.99 Å². The van der Waals surface area contributed by atoms with Crippen molar-refractivity contribution in [2.75, 3.05) is 39.5 Å². The molecule has 1 aliphatic heterocycles. The first kappa shape index (κ1) is 22.2. The zero-order chi connectivity index (χ0) is 20.9. The second kappa shape index (κ2) is 8.93. The van der Waals surface area contributed by atoms with Gasteiger partial charge < -0.3 is 19.7 Å². The van der Waals surface area contributed by atoms with Crippen LogP contribution in [0.3, 0.4) is 0 Å². The molecule has 1 aromatic rings. The SMILES string of the molecule is CN=C(NCCc1ccc(OC)c(OC(F)F)c1)N1CCS(=O)(=O)C(C)(C)C1. The molecule has 2 rings (SSSR count). The fraction of sp³-hybridized carbons (Fsp3) is 0.611. The molecule has 158 valence electrons. The molecule has 28 heavy (non-hydrogen) atoms. The van der Waals surface area contributed by atoms with Crippen LogP contribution in [0, 0.1) is 0 Å². The van der Waals surface area contributed by atoms with Crippen LogP contribution < -0.4 is 14.8 Å². The van der Waals surface area contributed by atoms with Gasteiger partial charge in [-0.15, -0.1) is 0 Å². The lowest BCUT2D eigenvalue weighted by atomic mass is 10.1. The molecular formula is C18H27F2N3O4S. The summed E-state index contributed by atoms with van der Waals surface area (Å²) in [6.07, 6.45) is 0.540. The van der Waals surface area contributed by atoms with Crippen LogP contribution in [-0.2, 0) is 16.3 Å². The number of halogens is 2. The van der Waals surface area contributed by atoms with Crippen LogP contribution in [0.25, 0.3) is 0 Å². The largest absolute Gasteiger partial charge is 0.493 e. The minimum Gasteiger partial charge on any atom is -0.493 e. The highest BCUT2D eigenvalue weighted by Crippen LogP contribution is 2.29. The standard InChI is InChI=1S/C18H27F2N3O4S/c1-18(2)12-23(9-10-28(18,24)25)17(21-3)22-8-7-13-5-6-14(26-4)15(11-13)27-16(19)20/h5-6,11,16H,7-10,12H2,1-4H3,(H,21,22). The first-order chi connectivity index (χ1) is 13.1. The Labute approximate surface area is 164 Å². The second-order valence-corrected chi connectivity index (χ2v) is 9.83. The number of ether oxygens (including phenoxy) is 2. The Hall–Kier alpha value is -2.10. The van der Waals surface area contributed by atoms with E-state index < -0.39 is 21.2 Å². The van der Waals surface area contributed by atoms with Gasteiger partial charge in [0, 0.05) is 26.7 Å². The molecule has 0 bridgehead atoms. The third-order valence-electron chi connectivity index (χ3n) is 4.70. The van der Waals surface area contributed by atoms with E-state index in [1.165, 1.54) is 13.2 Å². The first-order valence-electron chi connectivity index (χ1n) is 8.89. The van der Waals surface area contributed by atoms with Gasteiger partial charge in [-0.25, -0.2) is 8.42 Å². The Kier molecular flexibility index (Phi) is 7.08. The number of nitrogens with one attached hydrogen (secondary N) is 1. The van der Waals surface area contributed by atoms with Gasteiger partial charge in [0.2, 0.25) is 0 Å². The summed E-state index contributed by atoms with van der Waals surface area (Å²) in [7, 11) is -0.105. The lowest BCUT2D eigenvalue weighted by Gasteiger charge is -2.39. The van der Waals surface area contributed by atoms with E-state index in [1.54, 1.807) is 33.0 Å². The molecule has 1 heterocycles. The topological polar surface area (TPSA) is 80.2 Å². The van der Waals surface area contributed by atoms with Gasteiger partial charge in [0.25, 0.3) is 0 Å². The molecule has 1 aromatic carbocycles. The number of hydrogen-bond donors (Lipinski definition) is 1. The summed E-state index contributed by atoms with van der Waals surface area (Å²) in [5, 5.41) is 3.20. The van der Waals surface area contributed by atoms with Gasteiger partial charge in [-0.1, -0.05) is 6.07 Å². The molecule has 0 radical (unpaired) electrons. The lowest BCUT2D eigenvalue weighted by molar-refractivity contribution is -0.0512. The third-order valence-corrected chi connectivity index (χ3v) is 7.23. The van der Waals surface area contributed by atoms with Crippen molar-refractivity contribution in [1.82, 2.24) is 10.2 Å². The average molecular weight is 419 g/mol. The highest BCUT2D eigenvalue weighted by Gasteiger charge is 2.40. The van der Waals surface area contributed by atoms with Crippen molar-refractivity contribution >= 4 is 15.8 Å². The number of aliphatic imine (C=N–C) groups is 1. The van der Waals surface area contributed by atoms with Crippen LogP contribution in [0.4, 0.5) is 8.78 Å². The van der Waals surface area contributed by atoms with Crippen molar-refractivity contribution in [2.45, 2.75) is 31.6 Å². The van der Waals surface area contributed by atoms with Crippen LogP contribution >= 0.6 is 0 Å². The van der Waals surface area contributed by atoms with E-state index in [2.05, 4.69) is 15.0 Å². The molecule has 1 aliphatic rings. The normalized spacial score (nSPS) is 18.8. The van der Waals surface area contributed by atoms with Crippen molar-refractivity contribution in [3.05, 3.63) is 23.8 Å². The average Bonchev–Trinajstić information content (AvgIpc) is 2.61. The smallest absolute Gasteiger partial charge is 0.387 e. The molecule has 0 atom stereocenters. The zero-order valence-electron chi connectivity index (χ0n) is 16.5. The Bertz CT molecular complexity index is 813. The van der Waals surface area contributed by atoms with Crippen molar-refractivity contribution in [3.63, 3.8) is 0 Å². The van der Waals surface area contributed by atoms with Gasteiger partial charge in [0.05, 0.1) is 17.6 Å². The third kappa shape index (κ3) is 5.24. The number of sulfone groups is 1. The molecule has 1 saturated heterocycles. The number of hydrogen-bond acceptors (Lipinski definition) is 5. The van der Waals surface area contributed by atoms with E-state index in [0.717, 1.165) is 5.56 Å². The van der Waals surface area contributed by atoms with E-state index in [9.17, 15) is 17.2 Å². The summed E-state index contributed by atoms with van der Waals surface area (Å²) < 4.78 is 58.1. The molecule has 0 aliphatic carbocycles. The van der Waals surface area contributed by atoms with Gasteiger partial charge in [-0.05, 0) is 38.0 Å². The zero-order valence-corrected chi connectivity index (χ0v) is 17.4. The maximum Gasteiger partial charge on any atom is 0.387 e. The number of nitrogens with zero attached hydrogens (tertiary/aromatic N) is 2. The number of benzene rings is 1. The Morgan fingerprint density at radius 1 is 1.36 bits per heavy atom. The highest BCUT2D eigenvalue weighted by atomic mass is 32.2. The first-order valence-corrected chi connectivity index (χ1v) is 10.5. The molecular weight excluding hydrogens is 392 g/mol. The summed E-state index contributed by atoms with van der Waals surface area (Å²) in [5.41, 5.74) is 0.793. The van der Waals surface area contributed by atoms with Gasteiger partial charge in [0.1, 0.15) is 0 Å². The molecule has 7 nitrogen and oxygen atoms in total. The number of guanidine groups is 1. The van der Waals surface area contributed by atoms with Gasteiger partial charge in [0.15, 0.2) is 27.3 Å². The van der Waals surface area contributed by atoms with Crippen LogP contribution in [0.5, 0.6) is 11.5 Å². The fourth-order valence-corrected chi connectivity index (χ4v) is 4.41. The summed E-state index contributed by atoms with van der Waals surface area (Å²) in [5.74, 6) is 0.917. The second-order valence-electron chi connectivity index (χ2n) is 7.09. The molecule has 1 N–H and O–H groups in total. The van der Waals surface area contributed by atoms with Gasteiger partial charge in [-0.2, -0.15) is 8.78 Å². The van der Waals surface area contributed by atoms with Gasteiger partial charge in [-0.3, -0.25) is 4.99 Å². The summed E-state index contributed by atoms with van der Waals surface area (Å²) in [4.78, 5) is 6.15. The fourth-order valence-electron chi connectivity index (χ4n) is 3.04. The van der Waals surface area contributed by atoms with Crippen LogP contribution in [0.15, 0.2) is 23.2 Å². The maximum atomic E-state index is 12.5. The molecule has 0 unspecified atom stereocenters. The van der Waals surface area contributed by atoms with E-state index >= 15 is 0 Å². The predicted octanol–water partition coefficient (Wildman–Crippen LogP) is 1.92. The number of methoxy groups -OCH3 is 1. The minimum absolute atomic E-state index is 0.0117. The molecule has 10 heteroatoms. The van der Waals surface area contributed by atoms with E-state index in [0.29, 0.717) is 32.0 Å². The van der Waals surface area contributed by atoms with Crippen LogP contribution in [0.1, 0.15) is 19.4 Å². The monoisotopic (exact) mass is 419 g/mol. The summed E-state index contributed by atoms with van der Waals surface area (Å²) in [6, 6.07) is 4.88. The van der Waals surface area contributed by atoms with E-state index in [4.69, 9.17) is 4.74 Å². The Morgan fingerprint density at radius 2 is 2.07 bits per heavy atom. The predicted molar refractivity (Wildman–Crippen MR) is 104 cm³/mol. The van der Waals surface area contributed by atoms with Gasteiger partial charge >= 0.3 is 6.61 Å². The summed E-state index contributed by atoms with van der Waals surface area (Å²) >= 11 is 0. The van der Waals surface area contributed by atoms with E-state index in [1.807, 2.05) is 4.90 Å². The van der Waals surface area contributed by atoms with Crippen molar-refractivity contribution < 1.29 is 26.7 Å². The molecule has 0 saturated carbocycles. The van der Waals surface area contributed by atoms with Crippen LogP contribution in [-0.4, -0.2) is 70.2 Å². The Morgan fingerprint density at radius 3 is 2.64 bits per heavy atom. The lowest BCUT2D eigenvalue weighted by Crippen LogP contribution is -2.57. The quantitative estimate of drug-likeness (QED) is 0.561. The van der Waals surface area contributed by atoms with Crippen molar-refractivity contribution in [1.29, 1.82) is 0 Å². The molecule has 0 amide bonds. The van der Waals surface area contributed by atoms with E-state index in [-0.39, 0.29) is 17.3 Å². The molecule has 1 fully saturated rings. The maximum absolute atomic E-state index is 12.5.